The van der Waals surface area contributed by atoms with Crippen LogP contribution in [0.3, 0.4) is 0 Å². The standard InChI is InChI=1S/C20H21ClN2O4/c1-26-16-8-6-15(7-9-16)22-10-12-23(13-11-22)19(24)14-27-20(25)17-4-2-3-5-18(17)21/h2-9H,10-14H2,1H3. The van der Waals surface area contributed by atoms with Crippen LogP contribution in [-0.4, -0.2) is 56.7 Å². The Labute approximate surface area is 163 Å². The van der Waals surface area contributed by atoms with Crippen LogP contribution in [0.15, 0.2) is 48.5 Å². The predicted molar refractivity (Wildman–Crippen MR) is 104 cm³/mol. The number of esters is 1. The third-order valence-corrected chi connectivity index (χ3v) is 4.82. The molecule has 6 nitrogen and oxygen atoms in total. The molecular weight excluding hydrogens is 368 g/mol. The SMILES string of the molecule is COc1ccc(N2CCN(C(=O)COC(=O)c3ccccc3Cl)CC2)cc1. The van der Waals surface area contributed by atoms with Gasteiger partial charge in [-0.25, -0.2) is 4.79 Å². The number of carbonyl (C=O) groups is 2. The molecule has 0 radical (unpaired) electrons. The smallest absolute Gasteiger partial charge is 0.340 e. The topological polar surface area (TPSA) is 59.1 Å². The van der Waals surface area contributed by atoms with Gasteiger partial charge in [-0.15, -0.1) is 0 Å². The molecule has 0 unspecified atom stereocenters. The van der Waals surface area contributed by atoms with Gasteiger partial charge < -0.3 is 19.3 Å². The van der Waals surface area contributed by atoms with Crippen molar-refractivity contribution >= 4 is 29.2 Å². The van der Waals surface area contributed by atoms with Crippen LogP contribution >= 0.6 is 11.6 Å². The first-order chi connectivity index (χ1) is 13.1. The molecule has 1 aliphatic heterocycles. The molecule has 142 valence electrons. The van der Waals surface area contributed by atoms with E-state index < -0.39 is 5.97 Å². The Kier molecular flexibility index (Phi) is 6.19. The number of methoxy groups -OCH3 is 1. The third kappa shape index (κ3) is 4.71. The molecule has 0 saturated carbocycles. The molecule has 0 aromatic heterocycles. The monoisotopic (exact) mass is 388 g/mol. The average Bonchev–Trinajstić information content (AvgIpc) is 2.72. The Morgan fingerprint density at radius 1 is 1.00 bits per heavy atom. The van der Waals surface area contributed by atoms with Crippen molar-refractivity contribution in [3.63, 3.8) is 0 Å². The number of rotatable bonds is 5. The molecule has 1 amide bonds. The summed E-state index contributed by atoms with van der Waals surface area (Å²) in [6, 6.07) is 14.4. The number of hydrogen-bond donors (Lipinski definition) is 0. The third-order valence-electron chi connectivity index (χ3n) is 4.49. The van der Waals surface area contributed by atoms with E-state index in [-0.39, 0.29) is 18.1 Å². The first-order valence-corrected chi connectivity index (χ1v) is 9.04. The summed E-state index contributed by atoms with van der Waals surface area (Å²) >= 11 is 5.97. The minimum atomic E-state index is -0.592. The summed E-state index contributed by atoms with van der Waals surface area (Å²) in [6.07, 6.45) is 0. The van der Waals surface area contributed by atoms with Gasteiger partial charge in [0, 0.05) is 31.9 Å². The molecular formula is C20H21ClN2O4. The number of amides is 1. The molecule has 2 aromatic carbocycles. The molecule has 0 spiro atoms. The Morgan fingerprint density at radius 2 is 1.67 bits per heavy atom. The van der Waals surface area contributed by atoms with Gasteiger partial charge in [-0.1, -0.05) is 23.7 Å². The summed E-state index contributed by atoms with van der Waals surface area (Å²) in [5, 5.41) is 0.308. The highest BCUT2D eigenvalue weighted by Gasteiger charge is 2.22. The van der Waals surface area contributed by atoms with Gasteiger partial charge in [-0.3, -0.25) is 4.79 Å². The number of nitrogens with zero attached hydrogens (tertiary/aromatic N) is 2. The van der Waals surface area contributed by atoms with Crippen molar-refractivity contribution in [3.8, 4) is 5.75 Å². The van der Waals surface area contributed by atoms with Crippen LogP contribution < -0.4 is 9.64 Å². The fraction of sp³-hybridized carbons (Fsp3) is 0.300. The first-order valence-electron chi connectivity index (χ1n) is 8.67. The second-order valence-electron chi connectivity index (χ2n) is 6.12. The van der Waals surface area contributed by atoms with Gasteiger partial charge in [-0.05, 0) is 36.4 Å². The number of benzene rings is 2. The van der Waals surface area contributed by atoms with Crippen LogP contribution in [0, 0.1) is 0 Å². The summed E-state index contributed by atoms with van der Waals surface area (Å²) in [4.78, 5) is 28.3. The normalized spacial score (nSPS) is 14.0. The molecule has 27 heavy (non-hydrogen) atoms. The molecule has 1 saturated heterocycles. The molecule has 1 heterocycles. The number of piperazine rings is 1. The van der Waals surface area contributed by atoms with Gasteiger partial charge >= 0.3 is 5.97 Å². The second-order valence-corrected chi connectivity index (χ2v) is 6.53. The molecule has 0 aliphatic carbocycles. The van der Waals surface area contributed by atoms with E-state index in [2.05, 4.69) is 4.90 Å². The molecule has 3 rings (SSSR count). The van der Waals surface area contributed by atoms with Crippen molar-refractivity contribution < 1.29 is 19.1 Å². The van der Waals surface area contributed by atoms with E-state index in [9.17, 15) is 9.59 Å². The predicted octanol–water partition coefficient (Wildman–Crippen LogP) is 2.85. The Balaban J connectivity index is 1.48. The van der Waals surface area contributed by atoms with Crippen LogP contribution in [0.1, 0.15) is 10.4 Å². The first kappa shape index (κ1) is 19.0. The fourth-order valence-electron chi connectivity index (χ4n) is 2.93. The van der Waals surface area contributed by atoms with Crippen LogP contribution in [0.25, 0.3) is 0 Å². The Morgan fingerprint density at radius 3 is 2.30 bits per heavy atom. The highest BCUT2D eigenvalue weighted by Crippen LogP contribution is 2.20. The zero-order valence-corrected chi connectivity index (χ0v) is 15.8. The number of anilines is 1. The minimum Gasteiger partial charge on any atom is -0.497 e. The molecule has 1 aliphatic rings. The van der Waals surface area contributed by atoms with E-state index >= 15 is 0 Å². The van der Waals surface area contributed by atoms with Crippen LogP contribution in [0.4, 0.5) is 5.69 Å². The molecule has 1 fully saturated rings. The lowest BCUT2D eigenvalue weighted by Crippen LogP contribution is -2.49. The van der Waals surface area contributed by atoms with Crippen LogP contribution in [0.2, 0.25) is 5.02 Å². The quantitative estimate of drug-likeness (QED) is 0.737. The lowest BCUT2D eigenvalue weighted by atomic mass is 10.2. The summed E-state index contributed by atoms with van der Waals surface area (Å²) in [5.74, 6) is 0.0171. The van der Waals surface area contributed by atoms with Crippen molar-refractivity contribution in [1.29, 1.82) is 0 Å². The largest absolute Gasteiger partial charge is 0.497 e. The zero-order valence-electron chi connectivity index (χ0n) is 15.1. The number of hydrogen-bond acceptors (Lipinski definition) is 5. The minimum absolute atomic E-state index is 0.204. The van der Waals surface area contributed by atoms with Crippen molar-refractivity contribution in [2.45, 2.75) is 0 Å². The number of carbonyl (C=O) groups excluding carboxylic acids is 2. The molecule has 0 atom stereocenters. The summed E-state index contributed by atoms with van der Waals surface area (Å²) in [5.41, 5.74) is 1.35. The van der Waals surface area contributed by atoms with Crippen molar-refractivity contribution in [1.82, 2.24) is 4.90 Å². The Hall–Kier alpha value is -2.73. The highest BCUT2D eigenvalue weighted by molar-refractivity contribution is 6.33. The number of halogens is 1. The van der Waals surface area contributed by atoms with E-state index in [1.165, 1.54) is 0 Å². The van der Waals surface area contributed by atoms with E-state index in [0.29, 0.717) is 18.1 Å². The van der Waals surface area contributed by atoms with Gasteiger partial charge in [0.1, 0.15) is 5.75 Å². The fourth-order valence-corrected chi connectivity index (χ4v) is 3.14. The van der Waals surface area contributed by atoms with E-state index in [0.717, 1.165) is 24.5 Å². The summed E-state index contributed by atoms with van der Waals surface area (Å²) < 4.78 is 10.3. The van der Waals surface area contributed by atoms with Gasteiger partial charge in [0.15, 0.2) is 6.61 Å². The molecule has 7 heteroatoms. The number of ether oxygens (including phenoxy) is 2. The maximum absolute atomic E-state index is 12.3. The van der Waals surface area contributed by atoms with Crippen molar-refractivity contribution in [2.24, 2.45) is 0 Å². The maximum Gasteiger partial charge on any atom is 0.340 e. The molecule has 0 bridgehead atoms. The van der Waals surface area contributed by atoms with Gasteiger partial charge in [0.05, 0.1) is 17.7 Å². The second kappa shape index (κ2) is 8.77. The van der Waals surface area contributed by atoms with Crippen LogP contribution in [0.5, 0.6) is 5.75 Å². The summed E-state index contributed by atoms with van der Waals surface area (Å²) in [6.45, 7) is 2.31. The zero-order chi connectivity index (χ0) is 19.2. The van der Waals surface area contributed by atoms with E-state index in [1.807, 2.05) is 24.3 Å². The molecule has 2 aromatic rings. The van der Waals surface area contributed by atoms with E-state index in [4.69, 9.17) is 21.1 Å². The average molecular weight is 389 g/mol. The van der Waals surface area contributed by atoms with E-state index in [1.54, 1.807) is 36.3 Å². The van der Waals surface area contributed by atoms with Crippen LogP contribution in [-0.2, 0) is 9.53 Å². The Bertz CT molecular complexity index is 802. The van der Waals surface area contributed by atoms with Gasteiger partial charge in [0.25, 0.3) is 5.91 Å². The molecule has 0 N–H and O–H groups in total. The maximum atomic E-state index is 12.3. The van der Waals surface area contributed by atoms with Crippen molar-refractivity contribution in [3.05, 3.63) is 59.1 Å². The summed E-state index contributed by atoms with van der Waals surface area (Å²) in [7, 11) is 1.64. The van der Waals surface area contributed by atoms with Crippen molar-refractivity contribution in [2.75, 3.05) is 44.8 Å². The lowest BCUT2D eigenvalue weighted by Gasteiger charge is -2.36. The lowest BCUT2D eigenvalue weighted by molar-refractivity contribution is -0.134. The van der Waals surface area contributed by atoms with Gasteiger partial charge in [-0.2, -0.15) is 0 Å². The highest BCUT2D eigenvalue weighted by atomic mass is 35.5. The van der Waals surface area contributed by atoms with Gasteiger partial charge in [0.2, 0.25) is 0 Å².